The number of ether oxygens (including phenoxy) is 3. The van der Waals surface area contributed by atoms with Crippen molar-refractivity contribution in [1.82, 2.24) is 0 Å². The van der Waals surface area contributed by atoms with Crippen LogP contribution in [-0.2, 0) is 15.3 Å². The Morgan fingerprint density at radius 1 is 1.00 bits per heavy atom. The van der Waals surface area contributed by atoms with Crippen molar-refractivity contribution in [3.8, 4) is 17.2 Å². The molecule has 126 valence electrons. The number of Topliss-reactive ketones (excluding diaryl/α,β-unsaturated/α-hetero) is 1. The molecule has 2 unspecified atom stereocenters. The average Bonchev–Trinajstić information content (AvgIpc) is 2.61. The second-order valence-corrected chi connectivity index (χ2v) is 5.27. The van der Waals surface area contributed by atoms with Gasteiger partial charge in [0.2, 0.25) is 5.78 Å². The molecule has 7 heteroatoms. The molecule has 1 aliphatic rings. The summed E-state index contributed by atoms with van der Waals surface area (Å²) in [5.41, 5.74) is -0.0497. The highest BCUT2D eigenvalue weighted by Crippen LogP contribution is 2.50. The SMILES string of the molecule is COC1(O)C(=O)c2c(ccc(O)c2O)OC1(OC)c1ccccc1. The summed E-state index contributed by atoms with van der Waals surface area (Å²) in [4.78, 5) is 12.9. The van der Waals surface area contributed by atoms with Gasteiger partial charge >= 0.3 is 5.79 Å². The predicted octanol–water partition coefficient (Wildman–Crippen LogP) is 1.51. The summed E-state index contributed by atoms with van der Waals surface area (Å²) < 4.78 is 16.3. The lowest BCUT2D eigenvalue weighted by atomic mass is 9.86. The molecule has 2 aromatic rings. The molecular formula is C17H16O7. The number of fused-ring (bicyclic) bond motifs is 1. The van der Waals surface area contributed by atoms with Gasteiger partial charge in [-0.15, -0.1) is 0 Å². The Hall–Kier alpha value is -2.61. The fourth-order valence-electron chi connectivity index (χ4n) is 2.85. The fraction of sp³-hybridized carbons (Fsp3) is 0.235. The maximum atomic E-state index is 12.9. The van der Waals surface area contributed by atoms with Crippen LogP contribution in [0, 0.1) is 0 Å². The van der Waals surface area contributed by atoms with E-state index in [-0.39, 0.29) is 11.3 Å². The third kappa shape index (κ3) is 1.92. The predicted molar refractivity (Wildman–Crippen MR) is 81.8 cm³/mol. The second kappa shape index (κ2) is 5.48. The zero-order chi connectivity index (χ0) is 17.5. The van der Waals surface area contributed by atoms with E-state index >= 15 is 0 Å². The van der Waals surface area contributed by atoms with Crippen LogP contribution in [0.3, 0.4) is 0 Å². The summed E-state index contributed by atoms with van der Waals surface area (Å²) in [6, 6.07) is 10.8. The maximum absolute atomic E-state index is 12.9. The molecule has 1 heterocycles. The molecule has 0 spiro atoms. The minimum absolute atomic E-state index is 0.0530. The van der Waals surface area contributed by atoms with E-state index in [1.807, 2.05) is 0 Å². The number of carbonyl (C=O) groups is 1. The van der Waals surface area contributed by atoms with Crippen molar-refractivity contribution in [2.75, 3.05) is 14.2 Å². The van der Waals surface area contributed by atoms with Crippen molar-refractivity contribution >= 4 is 5.78 Å². The van der Waals surface area contributed by atoms with E-state index in [2.05, 4.69) is 0 Å². The number of phenolic OH excluding ortho intramolecular Hbond substituents is 2. The van der Waals surface area contributed by atoms with E-state index in [1.165, 1.54) is 19.2 Å². The summed E-state index contributed by atoms with van der Waals surface area (Å²) in [6.07, 6.45) is 0. The van der Waals surface area contributed by atoms with Crippen LogP contribution in [0.1, 0.15) is 15.9 Å². The van der Waals surface area contributed by atoms with Crippen LogP contribution >= 0.6 is 0 Å². The molecule has 0 saturated heterocycles. The standard InChI is InChI=1S/C17H16O7/c1-22-16(21)15(20)13-12(9-8-11(18)14(13)19)24-17(16,23-2)10-6-4-3-5-7-10/h3-9,18-19,21H,1-2H3. The molecule has 0 radical (unpaired) electrons. The molecular weight excluding hydrogens is 316 g/mol. The Morgan fingerprint density at radius 3 is 2.25 bits per heavy atom. The summed E-state index contributed by atoms with van der Waals surface area (Å²) in [5.74, 6) is -6.84. The van der Waals surface area contributed by atoms with Gasteiger partial charge in [-0.2, -0.15) is 0 Å². The minimum Gasteiger partial charge on any atom is -0.504 e. The van der Waals surface area contributed by atoms with Gasteiger partial charge in [-0.1, -0.05) is 30.3 Å². The number of hydrogen-bond acceptors (Lipinski definition) is 7. The number of hydrogen-bond donors (Lipinski definition) is 3. The Morgan fingerprint density at radius 2 is 1.67 bits per heavy atom. The lowest BCUT2D eigenvalue weighted by molar-refractivity contribution is -0.346. The quantitative estimate of drug-likeness (QED) is 0.578. The molecule has 1 aliphatic heterocycles. The van der Waals surface area contributed by atoms with Gasteiger partial charge in [0.15, 0.2) is 11.5 Å². The van der Waals surface area contributed by atoms with Crippen molar-refractivity contribution in [1.29, 1.82) is 0 Å². The van der Waals surface area contributed by atoms with Crippen molar-refractivity contribution < 1.29 is 34.3 Å². The number of ketones is 1. The van der Waals surface area contributed by atoms with Gasteiger partial charge in [0, 0.05) is 19.8 Å². The first-order valence-corrected chi connectivity index (χ1v) is 7.08. The molecule has 0 saturated carbocycles. The summed E-state index contributed by atoms with van der Waals surface area (Å²) in [5, 5.41) is 30.6. The normalized spacial score (nSPS) is 25.9. The number of benzene rings is 2. The number of carbonyl (C=O) groups excluding carboxylic acids is 1. The molecule has 3 N–H and O–H groups in total. The van der Waals surface area contributed by atoms with Crippen molar-refractivity contribution in [3.05, 3.63) is 53.6 Å². The van der Waals surface area contributed by atoms with Crippen molar-refractivity contribution in [3.63, 3.8) is 0 Å². The average molecular weight is 332 g/mol. The number of phenols is 2. The highest BCUT2D eigenvalue weighted by molar-refractivity contribution is 6.08. The van der Waals surface area contributed by atoms with E-state index in [9.17, 15) is 20.1 Å². The van der Waals surface area contributed by atoms with E-state index in [0.29, 0.717) is 5.56 Å². The van der Waals surface area contributed by atoms with E-state index in [0.717, 1.165) is 7.11 Å². The molecule has 0 aromatic heterocycles. The Bertz CT molecular complexity index is 789. The molecule has 0 aliphatic carbocycles. The topological polar surface area (TPSA) is 105 Å². The largest absolute Gasteiger partial charge is 0.504 e. The van der Waals surface area contributed by atoms with E-state index in [4.69, 9.17) is 14.2 Å². The van der Waals surface area contributed by atoms with E-state index < -0.39 is 28.9 Å². The minimum atomic E-state index is -2.58. The molecule has 0 bridgehead atoms. The van der Waals surface area contributed by atoms with Crippen LogP contribution < -0.4 is 4.74 Å². The third-order valence-electron chi connectivity index (χ3n) is 4.09. The van der Waals surface area contributed by atoms with Gasteiger partial charge in [0.25, 0.3) is 5.79 Å². The number of rotatable bonds is 3. The van der Waals surface area contributed by atoms with Gasteiger partial charge < -0.3 is 29.5 Å². The molecule has 3 rings (SSSR count). The molecule has 24 heavy (non-hydrogen) atoms. The first-order chi connectivity index (χ1) is 11.4. The molecule has 2 aromatic carbocycles. The first kappa shape index (κ1) is 16.3. The highest BCUT2D eigenvalue weighted by atomic mass is 16.8. The monoisotopic (exact) mass is 332 g/mol. The van der Waals surface area contributed by atoms with Crippen LogP contribution in [0.15, 0.2) is 42.5 Å². The summed E-state index contributed by atoms with van der Waals surface area (Å²) in [7, 11) is 2.37. The molecule has 2 atom stereocenters. The van der Waals surface area contributed by atoms with Gasteiger partial charge in [0.1, 0.15) is 11.3 Å². The van der Waals surface area contributed by atoms with Crippen LogP contribution in [0.25, 0.3) is 0 Å². The maximum Gasteiger partial charge on any atom is 0.304 e. The lowest BCUT2D eigenvalue weighted by Crippen LogP contribution is -2.64. The fourth-order valence-corrected chi connectivity index (χ4v) is 2.85. The van der Waals surface area contributed by atoms with Crippen LogP contribution in [0.4, 0.5) is 0 Å². The zero-order valence-electron chi connectivity index (χ0n) is 13.0. The molecule has 0 fully saturated rings. The third-order valence-corrected chi connectivity index (χ3v) is 4.09. The van der Waals surface area contributed by atoms with Crippen molar-refractivity contribution in [2.24, 2.45) is 0 Å². The summed E-state index contributed by atoms with van der Waals surface area (Å²) >= 11 is 0. The second-order valence-electron chi connectivity index (χ2n) is 5.27. The van der Waals surface area contributed by atoms with Gasteiger partial charge in [-0.3, -0.25) is 4.79 Å². The van der Waals surface area contributed by atoms with Crippen molar-refractivity contribution in [2.45, 2.75) is 11.6 Å². The van der Waals surface area contributed by atoms with Crippen LogP contribution in [0.5, 0.6) is 17.2 Å². The number of methoxy groups -OCH3 is 2. The lowest BCUT2D eigenvalue weighted by Gasteiger charge is -2.46. The van der Waals surface area contributed by atoms with Crippen LogP contribution in [-0.4, -0.2) is 41.1 Å². The molecule has 7 nitrogen and oxygen atoms in total. The summed E-state index contributed by atoms with van der Waals surface area (Å²) in [6.45, 7) is 0. The Kier molecular flexibility index (Phi) is 3.71. The first-order valence-electron chi connectivity index (χ1n) is 7.08. The highest BCUT2D eigenvalue weighted by Gasteiger charge is 2.65. The Labute approximate surface area is 137 Å². The van der Waals surface area contributed by atoms with E-state index in [1.54, 1.807) is 30.3 Å². The zero-order valence-corrected chi connectivity index (χ0v) is 13.0. The van der Waals surface area contributed by atoms with Gasteiger partial charge in [-0.25, -0.2) is 0 Å². The Balaban J connectivity index is 2.32. The van der Waals surface area contributed by atoms with Gasteiger partial charge in [0.05, 0.1) is 0 Å². The van der Waals surface area contributed by atoms with Gasteiger partial charge in [-0.05, 0) is 12.1 Å². The molecule has 0 amide bonds. The number of aliphatic hydroxyl groups is 1. The number of aromatic hydroxyl groups is 2. The van der Waals surface area contributed by atoms with Crippen LogP contribution in [0.2, 0.25) is 0 Å². The smallest absolute Gasteiger partial charge is 0.304 e.